The Bertz CT molecular complexity index is 517. The molecule has 0 spiro atoms. The Morgan fingerprint density at radius 1 is 1.29 bits per heavy atom. The number of hydrogen-bond donors (Lipinski definition) is 3. The first-order valence-corrected chi connectivity index (χ1v) is 6.47. The molecule has 0 bridgehead atoms. The van der Waals surface area contributed by atoms with E-state index in [2.05, 4.69) is 15.4 Å². The van der Waals surface area contributed by atoms with E-state index in [4.69, 9.17) is 10.5 Å². The lowest BCUT2D eigenvalue weighted by Gasteiger charge is -2.12. The number of carbonyl (C=O) groups excluding carboxylic acids is 2. The van der Waals surface area contributed by atoms with Crippen LogP contribution in [0.25, 0.3) is 0 Å². The quantitative estimate of drug-likeness (QED) is 0.385. The molecule has 0 fully saturated rings. The van der Waals surface area contributed by atoms with Gasteiger partial charge >= 0.3 is 5.97 Å². The Kier molecular flexibility index (Phi) is 6.48. The van der Waals surface area contributed by atoms with Crippen LogP contribution in [0.3, 0.4) is 0 Å². The Morgan fingerprint density at radius 2 is 2.00 bits per heavy atom. The van der Waals surface area contributed by atoms with Gasteiger partial charge in [0.05, 0.1) is 25.8 Å². The maximum atomic E-state index is 11.6. The van der Waals surface area contributed by atoms with E-state index in [0.717, 1.165) is 5.56 Å². The highest BCUT2D eigenvalue weighted by Crippen LogP contribution is 2.23. The minimum Gasteiger partial charge on any atom is -0.465 e. The van der Waals surface area contributed by atoms with Gasteiger partial charge in [0.25, 0.3) is 0 Å². The summed E-state index contributed by atoms with van der Waals surface area (Å²) >= 11 is 0. The molecule has 7 heteroatoms. The van der Waals surface area contributed by atoms with Crippen molar-refractivity contribution in [2.45, 2.75) is 6.92 Å². The molecule has 0 aromatic heterocycles. The van der Waals surface area contributed by atoms with Gasteiger partial charge in [0, 0.05) is 25.0 Å². The van der Waals surface area contributed by atoms with Gasteiger partial charge in [-0.3, -0.25) is 4.79 Å². The van der Waals surface area contributed by atoms with Crippen LogP contribution in [0.5, 0.6) is 0 Å². The number of benzene rings is 1. The van der Waals surface area contributed by atoms with Crippen LogP contribution in [0.15, 0.2) is 12.1 Å². The van der Waals surface area contributed by atoms with Crippen LogP contribution in [0.2, 0.25) is 0 Å². The van der Waals surface area contributed by atoms with Crippen molar-refractivity contribution < 1.29 is 19.1 Å². The third-order valence-electron chi connectivity index (χ3n) is 2.87. The lowest BCUT2D eigenvalue weighted by molar-refractivity contribution is -0.119. The minimum absolute atomic E-state index is 0.0910. The lowest BCUT2D eigenvalue weighted by Crippen LogP contribution is -2.32. The van der Waals surface area contributed by atoms with Crippen LogP contribution in [0.1, 0.15) is 15.9 Å². The van der Waals surface area contributed by atoms with Crippen molar-refractivity contribution in [2.24, 2.45) is 0 Å². The van der Waals surface area contributed by atoms with E-state index in [0.29, 0.717) is 24.5 Å². The van der Waals surface area contributed by atoms with Crippen molar-refractivity contribution >= 4 is 23.3 Å². The Labute approximate surface area is 123 Å². The molecule has 0 saturated carbocycles. The van der Waals surface area contributed by atoms with E-state index in [9.17, 15) is 9.59 Å². The van der Waals surface area contributed by atoms with E-state index in [1.54, 1.807) is 26.2 Å². The summed E-state index contributed by atoms with van der Waals surface area (Å²) in [6.45, 7) is 2.78. The Morgan fingerprint density at radius 3 is 2.62 bits per heavy atom. The van der Waals surface area contributed by atoms with E-state index < -0.39 is 5.97 Å². The molecule has 1 aromatic carbocycles. The van der Waals surface area contributed by atoms with Gasteiger partial charge in [-0.2, -0.15) is 0 Å². The average Bonchev–Trinajstić information content (AvgIpc) is 2.47. The van der Waals surface area contributed by atoms with Gasteiger partial charge in [0.1, 0.15) is 0 Å². The molecule has 0 heterocycles. The maximum absolute atomic E-state index is 11.6. The second kappa shape index (κ2) is 8.11. The van der Waals surface area contributed by atoms with Gasteiger partial charge < -0.3 is 25.8 Å². The molecule has 21 heavy (non-hydrogen) atoms. The number of amides is 1. The molecule has 0 radical (unpaired) electrons. The van der Waals surface area contributed by atoms with Gasteiger partial charge in [0.2, 0.25) is 5.91 Å². The monoisotopic (exact) mass is 295 g/mol. The van der Waals surface area contributed by atoms with Crippen LogP contribution < -0.4 is 16.4 Å². The molecular weight excluding hydrogens is 274 g/mol. The van der Waals surface area contributed by atoms with Crippen LogP contribution in [0.4, 0.5) is 11.4 Å². The summed E-state index contributed by atoms with van der Waals surface area (Å²) in [5.74, 6) is -0.676. The average molecular weight is 295 g/mol. The number of ether oxygens (including phenoxy) is 2. The van der Waals surface area contributed by atoms with Crippen LogP contribution in [-0.4, -0.2) is 45.8 Å². The van der Waals surface area contributed by atoms with Gasteiger partial charge in [-0.05, 0) is 24.6 Å². The number of rotatable bonds is 7. The van der Waals surface area contributed by atoms with Gasteiger partial charge in [-0.15, -0.1) is 0 Å². The minimum atomic E-state index is -0.510. The molecule has 116 valence electrons. The topological polar surface area (TPSA) is 103 Å². The first kappa shape index (κ1) is 16.8. The maximum Gasteiger partial charge on any atom is 0.340 e. The SMILES string of the molecule is COCCNC(=O)CNc1cc(C)c(N)c(C(=O)OC)c1. The number of methoxy groups -OCH3 is 2. The standard InChI is InChI=1S/C14H21N3O4/c1-9-6-10(7-11(13(9)15)14(19)21-3)17-8-12(18)16-4-5-20-2/h6-7,17H,4-5,8,15H2,1-3H3,(H,16,18). The summed E-state index contributed by atoms with van der Waals surface area (Å²) in [4.78, 5) is 23.2. The van der Waals surface area contributed by atoms with Gasteiger partial charge in [-0.1, -0.05) is 0 Å². The molecule has 0 aliphatic rings. The normalized spacial score (nSPS) is 10.0. The van der Waals surface area contributed by atoms with Gasteiger partial charge in [-0.25, -0.2) is 4.79 Å². The van der Waals surface area contributed by atoms with Crippen molar-refractivity contribution in [1.29, 1.82) is 0 Å². The molecule has 0 atom stereocenters. The number of anilines is 2. The first-order chi connectivity index (χ1) is 9.99. The predicted molar refractivity (Wildman–Crippen MR) is 80.3 cm³/mol. The molecule has 1 aromatic rings. The fraction of sp³-hybridized carbons (Fsp3) is 0.429. The second-order valence-corrected chi connectivity index (χ2v) is 4.44. The summed E-state index contributed by atoms with van der Waals surface area (Å²) < 4.78 is 9.52. The van der Waals surface area contributed by atoms with Crippen molar-refractivity contribution in [3.05, 3.63) is 23.3 Å². The van der Waals surface area contributed by atoms with E-state index in [1.807, 2.05) is 0 Å². The number of hydrogen-bond acceptors (Lipinski definition) is 6. The van der Waals surface area contributed by atoms with E-state index in [1.165, 1.54) is 7.11 Å². The molecule has 1 amide bonds. The molecule has 4 N–H and O–H groups in total. The number of nitrogens with one attached hydrogen (secondary N) is 2. The van der Waals surface area contributed by atoms with Crippen molar-refractivity contribution in [1.82, 2.24) is 5.32 Å². The highest BCUT2D eigenvalue weighted by Gasteiger charge is 2.13. The second-order valence-electron chi connectivity index (χ2n) is 4.44. The molecule has 1 rings (SSSR count). The molecule has 0 aliphatic heterocycles. The number of esters is 1. The fourth-order valence-corrected chi connectivity index (χ4v) is 1.72. The summed E-state index contributed by atoms with van der Waals surface area (Å²) in [6, 6.07) is 3.33. The molecule has 7 nitrogen and oxygen atoms in total. The molecule has 0 saturated heterocycles. The van der Waals surface area contributed by atoms with Crippen molar-refractivity contribution in [3.63, 3.8) is 0 Å². The molecular formula is C14H21N3O4. The summed E-state index contributed by atoms with van der Waals surface area (Å²) in [5.41, 5.74) is 7.86. The van der Waals surface area contributed by atoms with Crippen LogP contribution in [0, 0.1) is 6.92 Å². The molecule has 0 unspecified atom stereocenters. The van der Waals surface area contributed by atoms with Crippen molar-refractivity contribution in [2.75, 3.05) is 45.0 Å². The van der Waals surface area contributed by atoms with Gasteiger partial charge in [0.15, 0.2) is 0 Å². The zero-order valence-electron chi connectivity index (χ0n) is 12.5. The predicted octanol–water partition coefficient (Wildman–Crippen LogP) is 0.538. The Balaban J connectivity index is 2.69. The third kappa shape index (κ3) is 4.96. The zero-order valence-corrected chi connectivity index (χ0v) is 12.5. The lowest BCUT2D eigenvalue weighted by atomic mass is 10.1. The summed E-state index contributed by atoms with van der Waals surface area (Å²) in [7, 11) is 2.86. The number of nitrogens with two attached hydrogens (primary N) is 1. The number of nitrogen functional groups attached to an aromatic ring is 1. The first-order valence-electron chi connectivity index (χ1n) is 6.47. The van der Waals surface area contributed by atoms with E-state index >= 15 is 0 Å². The number of carbonyl (C=O) groups is 2. The summed E-state index contributed by atoms with van der Waals surface area (Å²) in [6.07, 6.45) is 0. The highest BCUT2D eigenvalue weighted by atomic mass is 16.5. The van der Waals surface area contributed by atoms with E-state index in [-0.39, 0.29) is 18.0 Å². The zero-order chi connectivity index (χ0) is 15.8. The number of aryl methyl sites for hydroxylation is 1. The van der Waals surface area contributed by atoms with Crippen LogP contribution >= 0.6 is 0 Å². The molecule has 0 aliphatic carbocycles. The smallest absolute Gasteiger partial charge is 0.340 e. The third-order valence-corrected chi connectivity index (χ3v) is 2.87. The highest BCUT2D eigenvalue weighted by molar-refractivity contribution is 5.97. The van der Waals surface area contributed by atoms with Crippen LogP contribution in [-0.2, 0) is 14.3 Å². The largest absolute Gasteiger partial charge is 0.465 e. The Hall–Kier alpha value is -2.28. The summed E-state index contributed by atoms with van der Waals surface area (Å²) in [5, 5.41) is 5.63. The van der Waals surface area contributed by atoms with Crippen molar-refractivity contribution in [3.8, 4) is 0 Å². The fourth-order valence-electron chi connectivity index (χ4n) is 1.72.